The normalized spacial score (nSPS) is 14.6. The number of fused-ring (bicyclic) bond motifs is 1. The first-order valence-electron chi connectivity index (χ1n) is 8.93. The van der Waals surface area contributed by atoms with Gasteiger partial charge in [0, 0.05) is 54.2 Å². The highest BCUT2D eigenvalue weighted by atomic mass is 79.9. The zero-order valence-corrected chi connectivity index (χ0v) is 16.6. The van der Waals surface area contributed by atoms with Gasteiger partial charge in [0.2, 0.25) is 0 Å². The van der Waals surface area contributed by atoms with Crippen LogP contribution in [0.3, 0.4) is 0 Å². The molecule has 2 aromatic carbocycles. The number of para-hydroxylation sites is 1. The molecule has 27 heavy (non-hydrogen) atoms. The second kappa shape index (κ2) is 7.19. The maximum atomic E-state index is 13.0. The molecule has 138 valence electrons. The molecule has 0 aliphatic carbocycles. The van der Waals surface area contributed by atoms with Gasteiger partial charge in [0.1, 0.15) is 5.69 Å². The van der Waals surface area contributed by atoms with Gasteiger partial charge in [-0.2, -0.15) is 0 Å². The molecule has 2 heterocycles. The molecule has 0 N–H and O–H groups in total. The lowest BCUT2D eigenvalue weighted by atomic mass is 10.2. The van der Waals surface area contributed by atoms with Gasteiger partial charge < -0.3 is 14.4 Å². The zero-order valence-electron chi connectivity index (χ0n) is 15.1. The van der Waals surface area contributed by atoms with Crippen molar-refractivity contribution in [3.63, 3.8) is 0 Å². The number of carbonyl (C=O) groups is 2. The zero-order chi connectivity index (χ0) is 19.0. The third kappa shape index (κ3) is 3.37. The Labute approximate surface area is 166 Å². The smallest absolute Gasteiger partial charge is 0.270 e. The summed E-state index contributed by atoms with van der Waals surface area (Å²) in [6.07, 6.45) is 0. The molecule has 6 heteroatoms. The molecule has 0 spiro atoms. The second-order valence-corrected chi connectivity index (χ2v) is 7.66. The van der Waals surface area contributed by atoms with Gasteiger partial charge in [-0.05, 0) is 30.3 Å². The molecule has 2 amide bonds. The molecule has 0 bridgehead atoms. The van der Waals surface area contributed by atoms with Crippen molar-refractivity contribution in [1.82, 2.24) is 14.4 Å². The Balaban J connectivity index is 1.46. The number of hydrogen-bond donors (Lipinski definition) is 0. The molecule has 0 atom stereocenters. The van der Waals surface area contributed by atoms with Gasteiger partial charge in [0.25, 0.3) is 11.8 Å². The molecule has 1 fully saturated rings. The minimum Gasteiger partial charge on any atom is -0.340 e. The summed E-state index contributed by atoms with van der Waals surface area (Å²) < 4.78 is 2.83. The van der Waals surface area contributed by atoms with Gasteiger partial charge in [-0.1, -0.05) is 40.2 Å². The second-order valence-electron chi connectivity index (χ2n) is 6.74. The molecule has 1 aliphatic heterocycles. The fourth-order valence-electron chi connectivity index (χ4n) is 3.57. The molecule has 0 radical (unpaired) electrons. The van der Waals surface area contributed by atoms with Gasteiger partial charge >= 0.3 is 0 Å². The largest absolute Gasteiger partial charge is 0.340 e. The number of piperazine rings is 1. The Morgan fingerprint density at radius 1 is 0.852 bits per heavy atom. The van der Waals surface area contributed by atoms with Crippen molar-refractivity contribution in [3.05, 3.63) is 70.3 Å². The highest BCUT2D eigenvalue weighted by Gasteiger charge is 2.27. The van der Waals surface area contributed by atoms with Crippen LogP contribution in [0, 0.1) is 0 Å². The van der Waals surface area contributed by atoms with E-state index in [9.17, 15) is 9.59 Å². The summed E-state index contributed by atoms with van der Waals surface area (Å²) in [5.41, 5.74) is 2.39. The Morgan fingerprint density at radius 2 is 1.52 bits per heavy atom. The summed E-state index contributed by atoms with van der Waals surface area (Å²) in [6.45, 7) is 2.17. The first-order chi connectivity index (χ1) is 13.0. The predicted molar refractivity (Wildman–Crippen MR) is 109 cm³/mol. The highest BCUT2D eigenvalue weighted by molar-refractivity contribution is 9.10. The Kier molecular flexibility index (Phi) is 4.74. The average Bonchev–Trinajstić information content (AvgIpc) is 3.04. The summed E-state index contributed by atoms with van der Waals surface area (Å²) in [5, 5.41) is 1.06. The lowest BCUT2D eigenvalue weighted by molar-refractivity contribution is 0.0530. The summed E-state index contributed by atoms with van der Waals surface area (Å²) in [4.78, 5) is 29.3. The van der Waals surface area contributed by atoms with Crippen LogP contribution in [0.2, 0.25) is 0 Å². The number of benzene rings is 2. The van der Waals surface area contributed by atoms with Crippen molar-refractivity contribution in [2.75, 3.05) is 26.2 Å². The number of halogens is 1. The van der Waals surface area contributed by atoms with Crippen LogP contribution < -0.4 is 0 Å². The van der Waals surface area contributed by atoms with Crippen molar-refractivity contribution >= 4 is 38.6 Å². The topological polar surface area (TPSA) is 45.6 Å². The first kappa shape index (κ1) is 17.8. The molecule has 4 rings (SSSR count). The van der Waals surface area contributed by atoms with Crippen LogP contribution in [0.1, 0.15) is 20.8 Å². The molecule has 5 nitrogen and oxygen atoms in total. The van der Waals surface area contributed by atoms with E-state index in [-0.39, 0.29) is 11.8 Å². The highest BCUT2D eigenvalue weighted by Crippen LogP contribution is 2.21. The van der Waals surface area contributed by atoms with E-state index in [1.807, 2.05) is 76.0 Å². The lowest BCUT2D eigenvalue weighted by Gasteiger charge is -2.34. The summed E-state index contributed by atoms with van der Waals surface area (Å²) >= 11 is 3.40. The number of amides is 2. The fourth-order valence-corrected chi connectivity index (χ4v) is 3.97. The number of hydrogen-bond acceptors (Lipinski definition) is 2. The lowest BCUT2D eigenvalue weighted by Crippen LogP contribution is -2.50. The summed E-state index contributed by atoms with van der Waals surface area (Å²) in [6, 6.07) is 17.3. The van der Waals surface area contributed by atoms with Crippen LogP contribution in [0.15, 0.2) is 59.1 Å². The average molecular weight is 426 g/mol. The number of nitrogens with zero attached hydrogens (tertiary/aromatic N) is 3. The molecule has 1 aromatic heterocycles. The van der Waals surface area contributed by atoms with Crippen LogP contribution in [-0.4, -0.2) is 52.4 Å². The minimum absolute atomic E-state index is 0.00741. The van der Waals surface area contributed by atoms with Gasteiger partial charge in [0.05, 0.1) is 0 Å². The Bertz CT molecular complexity index is 1020. The van der Waals surface area contributed by atoms with Crippen molar-refractivity contribution in [2.45, 2.75) is 0 Å². The van der Waals surface area contributed by atoms with Gasteiger partial charge in [-0.25, -0.2) is 0 Å². The minimum atomic E-state index is 0.00741. The van der Waals surface area contributed by atoms with Crippen molar-refractivity contribution in [3.8, 4) is 0 Å². The number of carbonyl (C=O) groups excluding carboxylic acids is 2. The van der Waals surface area contributed by atoms with E-state index in [1.54, 1.807) is 0 Å². The molecule has 1 aliphatic rings. The van der Waals surface area contributed by atoms with Crippen molar-refractivity contribution < 1.29 is 9.59 Å². The molecule has 0 unspecified atom stereocenters. The van der Waals surface area contributed by atoms with E-state index in [2.05, 4.69) is 15.9 Å². The predicted octanol–water partition coefficient (Wildman–Crippen LogP) is 3.54. The van der Waals surface area contributed by atoms with Gasteiger partial charge in [0.15, 0.2) is 0 Å². The molecule has 3 aromatic rings. The Hall–Kier alpha value is -2.60. The van der Waals surface area contributed by atoms with Crippen molar-refractivity contribution in [1.29, 1.82) is 0 Å². The van der Waals surface area contributed by atoms with E-state index in [1.165, 1.54) is 0 Å². The standard InChI is InChI=1S/C21H20BrN3O2/c1-23-18-8-3-2-5-15(18)14-19(23)21(27)25-11-9-24(10-12-25)20(26)16-6-4-7-17(22)13-16/h2-8,13-14H,9-12H2,1H3. The van der Waals surface area contributed by atoms with Gasteiger partial charge in [-0.3, -0.25) is 9.59 Å². The monoisotopic (exact) mass is 425 g/mol. The number of aryl methyl sites for hydroxylation is 1. The fraction of sp³-hybridized carbons (Fsp3) is 0.238. The number of rotatable bonds is 2. The van der Waals surface area contributed by atoms with Crippen LogP contribution in [-0.2, 0) is 7.05 Å². The maximum absolute atomic E-state index is 13.0. The summed E-state index contributed by atoms with van der Waals surface area (Å²) in [7, 11) is 1.92. The first-order valence-corrected chi connectivity index (χ1v) is 9.72. The number of aromatic nitrogens is 1. The van der Waals surface area contributed by atoms with E-state index < -0.39 is 0 Å². The Morgan fingerprint density at radius 3 is 2.19 bits per heavy atom. The molecule has 1 saturated heterocycles. The van der Waals surface area contributed by atoms with E-state index in [4.69, 9.17) is 0 Å². The van der Waals surface area contributed by atoms with Crippen LogP contribution in [0.4, 0.5) is 0 Å². The molecule has 0 saturated carbocycles. The van der Waals surface area contributed by atoms with E-state index >= 15 is 0 Å². The van der Waals surface area contributed by atoms with Crippen LogP contribution in [0.25, 0.3) is 10.9 Å². The van der Waals surface area contributed by atoms with Crippen LogP contribution in [0.5, 0.6) is 0 Å². The van der Waals surface area contributed by atoms with Crippen LogP contribution >= 0.6 is 15.9 Å². The SMILES string of the molecule is Cn1c(C(=O)N2CCN(C(=O)c3cccc(Br)c3)CC2)cc2ccccc21. The van der Waals surface area contributed by atoms with Gasteiger partial charge in [-0.15, -0.1) is 0 Å². The quantitative estimate of drug-likeness (QED) is 0.630. The third-order valence-corrected chi connectivity index (χ3v) is 5.59. The summed E-state index contributed by atoms with van der Waals surface area (Å²) in [5.74, 6) is 0.0243. The van der Waals surface area contributed by atoms with E-state index in [0.29, 0.717) is 37.4 Å². The molecular formula is C21H20BrN3O2. The molecular weight excluding hydrogens is 406 g/mol. The van der Waals surface area contributed by atoms with E-state index in [0.717, 1.165) is 15.4 Å². The maximum Gasteiger partial charge on any atom is 0.270 e. The third-order valence-electron chi connectivity index (χ3n) is 5.10. The van der Waals surface area contributed by atoms with Crippen molar-refractivity contribution in [2.24, 2.45) is 7.05 Å².